The summed E-state index contributed by atoms with van der Waals surface area (Å²) in [7, 11) is 0. The van der Waals surface area contributed by atoms with Crippen LogP contribution in [-0.4, -0.2) is 39.6 Å². The molecule has 0 N–H and O–H groups in total. The van der Waals surface area contributed by atoms with E-state index in [4.69, 9.17) is 28.4 Å². The molecule has 0 aromatic heterocycles. The number of ether oxygens (including phenoxy) is 6. The van der Waals surface area contributed by atoms with Crippen LogP contribution in [0.3, 0.4) is 0 Å². The lowest BCUT2D eigenvalue weighted by Gasteiger charge is -2.14. The van der Waals surface area contributed by atoms with Crippen molar-refractivity contribution in [3.8, 4) is 58.2 Å². The molecule has 0 saturated carbocycles. The summed E-state index contributed by atoms with van der Waals surface area (Å²) in [6.45, 7) is 15.9. The number of halogens is 2. The molecule has 0 bridgehead atoms. The minimum Gasteiger partial charge on any atom is -0.492 e. The molecule has 0 aliphatic carbocycles. The molecule has 0 atom stereocenters. The van der Waals surface area contributed by atoms with Crippen LogP contribution in [0.1, 0.15) is 102 Å². The first-order chi connectivity index (χ1) is 23.4. The lowest BCUT2D eigenvalue weighted by molar-refractivity contribution is 0.306. The minimum absolute atomic E-state index is 0.536. The average Bonchev–Trinajstić information content (AvgIpc) is 3.09. The molecule has 0 aliphatic rings. The van der Waals surface area contributed by atoms with Gasteiger partial charge in [0, 0.05) is 24.3 Å². The standard InChI is InChI=1S/C40H48Br2O6/c1-7-17-43-35-23-30(14-16-32-26-40(48-22-12-6)34(42)28-38(32)46-20-10-4)36(44-18-8-2)24-29(35)13-15-31-25-39(47-21-11-5)33(41)27-37(31)45-19-9-3/h23-28H,7-12,17-22H2,1-6H3. The predicted octanol–water partition coefficient (Wildman–Crippen LogP) is 10.7. The fourth-order valence-corrected chi connectivity index (χ4v) is 5.13. The molecule has 0 spiro atoms. The van der Waals surface area contributed by atoms with Crippen LogP contribution in [0.15, 0.2) is 45.3 Å². The second-order valence-electron chi connectivity index (χ2n) is 11.0. The Balaban J connectivity index is 2.16. The summed E-state index contributed by atoms with van der Waals surface area (Å²) in [6.07, 6.45) is 5.26. The van der Waals surface area contributed by atoms with Crippen molar-refractivity contribution in [2.45, 2.75) is 80.1 Å². The van der Waals surface area contributed by atoms with Gasteiger partial charge >= 0.3 is 0 Å². The third-order valence-corrected chi connectivity index (χ3v) is 7.82. The Morgan fingerprint density at radius 3 is 0.812 bits per heavy atom. The van der Waals surface area contributed by atoms with E-state index in [1.807, 2.05) is 36.4 Å². The van der Waals surface area contributed by atoms with Gasteiger partial charge in [-0.1, -0.05) is 65.2 Å². The van der Waals surface area contributed by atoms with E-state index in [1.165, 1.54) is 0 Å². The van der Waals surface area contributed by atoms with Gasteiger partial charge in [0.1, 0.15) is 34.5 Å². The third kappa shape index (κ3) is 11.9. The molecule has 0 heterocycles. The number of benzene rings is 3. The Hall–Kier alpha value is -3.46. The second-order valence-corrected chi connectivity index (χ2v) is 12.7. The lowest BCUT2D eigenvalue weighted by atomic mass is 10.1. The van der Waals surface area contributed by atoms with Crippen molar-refractivity contribution < 1.29 is 28.4 Å². The third-order valence-electron chi connectivity index (χ3n) is 6.58. The van der Waals surface area contributed by atoms with Gasteiger partial charge in [-0.2, -0.15) is 0 Å². The first-order valence-electron chi connectivity index (χ1n) is 17.0. The van der Waals surface area contributed by atoms with Crippen molar-refractivity contribution in [2.24, 2.45) is 0 Å². The minimum atomic E-state index is 0.536. The topological polar surface area (TPSA) is 55.4 Å². The molecule has 0 amide bonds. The molecule has 3 rings (SSSR count). The van der Waals surface area contributed by atoms with E-state index in [9.17, 15) is 0 Å². The zero-order chi connectivity index (χ0) is 34.7. The van der Waals surface area contributed by atoms with Gasteiger partial charge < -0.3 is 28.4 Å². The summed E-state index contributed by atoms with van der Waals surface area (Å²) in [5.41, 5.74) is 2.86. The van der Waals surface area contributed by atoms with E-state index < -0.39 is 0 Å². The normalized spacial score (nSPS) is 10.3. The molecule has 0 fully saturated rings. The van der Waals surface area contributed by atoms with Crippen molar-refractivity contribution in [1.82, 2.24) is 0 Å². The second kappa shape index (κ2) is 21.5. The maximum absolute atomic E-state index is 6.23. The zero-order valence-electron chi connectivity index (χ0n) is 29.2. The van der Waals surface area contributed by atoms with Crippen LogP contribution in [0, 0.1) is 23.7 Å². The summed E-state index contributed by atoms with van der Waals surface area (Å²) in [5, 5.41) is 0. The fourth-order valence-electron chi connectivity index (χ4n) is 4.26. The number of hydrogen-bond acceptors (Lipinski definition) is 6. The molecule has 0 saturated heterocycles. The highest BCUT2D eigenvalue weighted by Gasteiger charge is 2.14. The molecule has 3 aromatic rings. The van der Waals surface area contributed by atoms with Crippen molar-refractivity contribution in [3.05, 3.63) is 67.6 Å². The largest absolute Gasteiger partial charge is 0.492 e. The molecule has 0 aliphatic heterocycles. The summed E-state index contributed by atoms with van der Waals surface area (Å²) in [4.78, 5) is 0. The van der Waals surface area contributed by atoms with Crippen LogP contribution in [0.25, 0.3) is 0 Å². The molecule has 0 unspecified atom stereocenters. The van der Waals surface area contributed by atoms with Gasteiger partial charge in [-0.05, 0) is 82.5 Å². The molecular formula is C40H48Br2O6. The van der Waals surface area contributed by atoms with Gasteiger partial charge in [-0.25, -0.2) is 0 Å². The Bertz CT molecular complexity index is 1480. The molecule has 258 valence electrons. The Morgan fingerprint density at radius 1 is 0.354 bits per heavy atom. The van der Waals surface area contributed by atoms with Crippen molar-refractivity contribution in [3.63, 3.8) is 0 Å². The molecule has 3 aromatic carbocycles. The van der Waals surface area contributed by atoms with E-state index in [2.05, 4.69) is 97.1 Å². The van der Waals surface area contributed by atoms with E-state index >= 15 is 0 Å². The summed E-state index contributed by atoms with van der Waals surface area (Å²) in [6, 6.07) is 11.5. The van der Waals surface area contributed by atoms with Crippen molar-refractivity contribution in [2.75, 3.05) is 39.6 Å². The molecule has 48 heavy (non-hydrogen) atoms. The van der Waals surface area contributed by atoms with E-state index in [1.54, 1.807) is 0 Å². The first-order valence-corrected chi connectivity index (χ1v) is 18.6. The highest BCUT2D eigenvalue weighted by molar-refractivity contribution is 9.11. The maximum atomic E-state index is 6.23. The quantitative estimate of drug-likeness (QED) is 0.120. The molecule has 8 heteroatoms. The average molecular weight is 785 g/mol. The van der Waals surface area contributed by atoms with Gasteiger partial charge in [-0.3, -0.25) is 0 Å². The van der Waals surface area contributed by atoms with E-state index in [0.29, 0.717) is 73.8 Å². The number of rotatable bonds is 18. The maximum Gasteiger partial charge on any atom is 0.136 e. The van der Waals surface area contributed by atoms with E-state index in [0.717, 1.165) is 70.1 Å². The smallest absolute Gasteiger partial charge is 0.136 e. The predicted molar refractivity (Wildman–Crippen MR) is 201 cm³/mol. The first kappa shape index (κ1) is 39.0. The SMILES string of the molecule is CCCOc1cc(C#Cc2cc(OCCC)c(C#Cc3cc(OCCC)c(Br)cc3OCCC)cc2OCCC)c(OCCC)cc1Br. The van der Waals surface area contributed by atoms with Crippen LogP contribution in [0.5, 0.6) is 34.5 Å². The monoisotopic (exact) mass is 782 g/mol. The van der Waals surface area contributed by atoms with Gasteiger partial charge in [0.05, 0.1) is 70.8 Å². The molecule has 0 radical (unpaired) electrons. The van der Waals surface area contributed by atoms with Crippen molar-refractivity contribution in [1.29, 1.82) is 0 Å². The zero-order valence-corrected chi connectivity index (χ0v) is 32.3. The van der Waals surface area contributed by atoms with Crippen LogP contribution in [0.2, 0.25) is 0 Å². The lowest BCUT2D eigenvalue weighted by Crippen LogP contribution is -2.03. The van der Waals surface area contributed by atoms with Gasteiger partial charge in [-0.15, -0.1) is 0 Å². The summed E-state index contributed by atoms with van der Waals surface area (Å²) < 4.78 is 38.2. The Labute approximate surface area is 304 Å². The molecular weight excluding hydrogens is 736 g/mol. The molecule has 6 nitrogen and oxygen atoms in total. The van der Waals surface area contributed by atoms with Gasteiger partial charge in [0.15, 0.2) is 0 Å². The fraction of sp³-hybridized carbons (Fsp3) is 0.450. The summed E-state index contributed by atoms with van der Waals surface area (Å²) >= 11 is 7.26. The highest BCUT2D eigenvalue weighted by atomic mass is 79.9. The van der Waals surface area contributed by atoms with Gasteiger partial charge in [0.25, 0.3) is 0 Å². The van der Waals surface area contributed by atoms with Crippen LogP contribution >= 0.6 is 31.9 Å². The number of hydrogen-bond donors (Lipinski definition) is 0. The Morgan fingerprint density at radius 2 is 0.562 bits per heavy atom. The van der Waals surface area contributed by atoms with Crippen molar-refractivity contribution >= 4 is 31.9 Å². The Kier molecular flexibility index (Phi) is 17.5. The van der Waals surface area contributed by atoms with Gasteiger partial charge in [0.2, 0.25) is 0 Å². The summed E-state index contributed by atoms with van der Waals surface area (Å²) in [5.74, 6) is 17.5. The van der Waals surface area contributed by atoms with E-state index in [-0.39, 0.29) is 0 Å². The van der Waals surface area contributed by atoms with Crippen LogP contribution in [-0.2, 0) is 0 Å². The van der Waals surface area contributed by atoms with Crippen LogP contribution < -0.4 is 28.4 Å². The highest BCUT2D eigenvalue weighted by Crippen LogP contribution is 2.35. The van der Waals surface area contributed by atoms with Crippen LogP contribution in [0.4, 0.5) is 0 Å².